The molecule has 0 rings (SSSR count). The topological polar surface area (TPSA) is 78.9 Å². The van der Waals surface area contributed by atoms with E-state index in [-0.39, 0.29) is 37.5 Å². The molecule has 0 amide bonds. The van der Waals surface area contributed by atoms with Crippen molar-refractivity contribution in [1.29, 1.82) is 0 Å². The zero-order chi connectivity index (χ0) is 55.0. The summed E-state index contributed by atoms with van der Waals surface area (Å²) in [6, 6.07) is 0. The van der Waals surface area contributed by atoms with Crippen LogP contribution in [0.25, 0.3) is 0 Å². The number of esters is 3. The van der Waals surface area contributed by atoms with Crippen LogP contribution < -0.4 is 0 Å². The third kappa shape index (κ3) is 60.7. The van der Waals surface area contributed by atoms with E-state index in [1.165, 1.54) is 135 Å². The molecule has 76 heavy (non-hydrogen) atoms. The smallest absolute Gasteiger partial charge is 0.306 e. The van der Waals surface area contributed by atoms with Gasteiger partial charge in [-0.3, -0.25) is 14.4 Å². The lowest BCUT2D eigenvalue weighted by atomic mass is 10.0. The van der Waals surface area contributed by atoms with Crippen molar-refractivity contribution < 1.29 is 28.6 Å². The molecule has 0 saturated heterocycles. The number of allylic oxidation sites excluding steroid dienone is 20. The fourth-order valence-corrected chi connectivity index (χ4v) is 8.50. The zero-order valence-corrected chi connectivity index (χ0v) is 49.5. The maximum Gasteiger partial charge on any atom is 0.306 e. The van der Waals surface area contributed by atoms with Crippen LogP contribution in [-0.4, -0.2) is 37.2 Å². The SMILES string of the molecule is CC/C=C\C/C=C\C/C=C\C/C=C\C/C=C\C/C=C\C/C=C\CCCC(=O)OC(COC(=O)CCCCCCCC)COC(=O)CCCCCCCCCCCCCCCC/C=C\C/C=C\C/C=C\CCCCCCC. The summed E-state index contributed by atoms with van der Waals surface area (Å²) in [5.74, 6) is -0.972. The van der Waals surface area contributed by atoms with Crippen molar-refractivity contribution in [3.63, 3.8) is 0 Å². The molecule has 0 fully saturated rings. The molecule has 1 unspecified atom stereocenters. The van der Waals surface area contributed by atoms with Crippen LogP contribution in [0.2, 0.25) is 0 Å². The van der Waals surface area contributed by atoms with E-state index in [9.17, 15) is 14.4 Å². The van der Waals surface area contributed by atoms with E-state index in [4.69, 9.17) is 14.2 Å². The normalized spacial score (nSPS) is 12.9. The zero-order valence-electron chi connectivity index (χ0n) is 49.5. The molecule has 0 aromatic rings. The van der Waals surface area contributed by atoms with Gasteiger partial charge in [-0.15, -0.1) is 0 Å². The van der Waals surface area contributed by atoms with Crippen LogP contribution in [0.1, 0.15) is 284 Å². The molecule has 0 aliphatic rings. The average Bonchev–Trinajstić information content (AvgIpc) is 3.42. The summed E-state index contributed by atoms with van der Waals surface area (Å²) in [6.45, 7) is 6.41. The van der Waals surface area contributed by atoms with Crippen molar-refractivity contribution in [1.82, 2.24) is 0 Å². The van der Waals surface area contributed by atoms with E-state index in [0.717, 1.165) is 103 Å². The van der Waals surface area contributed by atoms with Crippen molar-refractivity contribution in [2.45, 2.75) is 290 Å². The summed E-state index contributed by atoms with van der Waals surface area (Å²) in [5, 5.41) is 0. The predicted molar refractivity (Wildman–Crippen MR) is 330 cm³/mol. The first-order valence-electron chi connectivity index (χ1n) is 31.5. The molecule has 0 aliphatic heterocycles. The minimum absolute atomic E-state index is 0.103. The predicted octanol–water partition coefficient (Wildman–Crippen LogP) is 21.6. The Kier molecular flexibility index (Phi) is 59.9. The third-order valence-electron chi connectivity index (χ3n) is 13.2. The van der Waals surface area contributed by atoms with Gasteiger partial charge < -0.3 is 14.2 Å². The van der Waals surface area contributed by atoms with Crippen LogP contribution in [0.3, 0.4) is 0 Å². The molecule has 0 heterocycles. The lowest BCUT2D eigenvalue weighted by Crippen LogP contribution is -2.30. The first kappa shape index (κ1) is 71.8. The van der Waals surface area contributed by atoms with Crippen LogP contribution in [-0.2, 0) is 28.6 Å². The molecule has 0 saturated carbocycles. The highest BCUT2D eigenvalue weighted by molar-refractivity contribution is 5.71. The number of ether oxygens (including phenoxy) is 3. The molecule has 6 heteroatoms. The summed E-state index contributed by atoms with van der Waals surface area (Å²) in [6.07, 6.45) is 88.2. The first-order valence-corrected chi connectivity index (χ1v) is 31.5. The van der Waals surface area contributed by atoms with E-state index in [1.807, 2.05) is 0 Å². The number of rotatable bonds is 56. The molecule has 6 nitrogen and oxygen atoms in total. The van der Waals surface area contributed by atoms with Gasteiger partial charge in [0.05, 0.1) is 0 Å². The molecule has 0 spiro atoms. The summed E-state index contributed by atoms with van der Waals surface area (Å²) in [5.41, 5.74) is 0. The van der Waals surface area contributed by atoms with Gasteiger partial charge >= 0.3 is 17.9 Å². The Morgan fingerprint density at radius 1 is 0.276 bits per heavy atom. The number of hydrogen-bond acceptors (Lipinski definition) is 6. The van der Waals surface area contributed by atoms with Crippen molar-refractivity contribution >= 4 is 17.9 Å². The Morgan fingerprint density at radius 3 is 0.842 bits per heavy atom. The summed E-state index contributed by atoms with van der Waals surface area (Å²) < 4.78 is 16.7. The van der Waals surface area contributed by atoms with Gasteiger partial charge in [0.25, 0.3) is 0 Å². The molecule has 0 N–H and O–H groups in total. The Balaban J connectivity index is 4.18. The van der Waals surface area contributed by atoms with Crippen LogP contribution in [0.5, 0.6) is 0 Å². The molecule has 0 aromatic carbocycles. The van der Waals surface area contributed by atoms with E-state index in [2.05, 4.69) is 142 Å². The lowest BCUT2D eigenvalue weighted by molar-refractivity contribution is -0.167. The fourth-order valence-electron chi connectivity index (χ4n) is 8.50. The molecule has 0 bridgehead atoms. The monoisotopic (exact) mass is 1050 g/mol. The largest absolute Gasteiger partial charge is 0.462 e. The quantitative estimate of drug-likeness (QED) is 0.0261. The van der Waals surface area contributed by atoms with Crippen LogP contribution >= 0.6 is 0 Å². The first-order chi connectivity index (χ1) is 37.5. The molecule has 432 valence electrons. The van der Waals surface area contributed by atoms with Gasteiger partial charge in [-0.1, -0.05) is 277 Å². The van der Waals surface area contributed by atoms with Gasteiger partial charge in [0, 0.05) is 19.3 Å². The van der Waals surface area contributed by atoms with Gasteiger partial charge in [0.15, 0.2) is 6.10 Å². The maximum absolute atomic E-state index is 12.8. The van der Waals surface area contributed by atoms with Gasteiger partial charge in [-0.05, 0) is 109 Å². The second kappa shape index (κ2) is 63.3. The molecule has 0 aromatic heterocycles. The van der Waals surface area contributed by atoms with Gasteiger partial charge in [-0.2, -0.15) is 0 Å². The molecule has 0 radical (unpaired) electrons. The standard InChI is InChI=1S/C70H116O6/c1-4-7-10-13-16-18-20-22-24-26-28-30-32-33-34-35-36-37-39-40-42-44-46-48-50-52-54-57-60-63-69(72)75-66-67(65-74-68(71)62-59-56-15-12-9-6-3)76-70(73)64-61-58-55-53-51-49-47-45-43-41-38-31-29-27-25-23-21-19-17-14-11-8-5-2/h8,11,17,19-20,22-23,25-26,28-29,31-33,41,43,47,49,53,55,67H,4-7,9-10,12-16,18,21,24,27,30,34-40,42,44-46,48,50-52,54,56-66H2,1-3H3/b11-8-,19-17-,22-20-,25-23-,28-26-,31-29-,33-32-,43-41-,49-47-,55-53-. The third-order valence-corrected chi connectivity index (χ3v) is 13.2. The molecule has 1 atom stereocenters. The minimum Gasteiger partial charge on any atom is -0.462 e. The average molecular weight is 1050 g/mol. The van der Waals surface area contributed by atoms with Crippen LogP contribution in [0.4, 0.5) is 0 Å². The summed E-state index contributed by atoms with van der Waals surface area (Å²) >= 11 is 0. The Labute approximate surface area is 469 Å². The lowest BCUT2D eigenvalue weighted by Gasteiger charge is -2.18. The van der Waals surface area contributed by atoms with E-state index in [0.29, 0.717) is 19.3 Å². The van der Waals surface area contributed by atoms with Gasteiger partial charge in [-0.25, -0.2) is 0 Å². The highest BCUT2D eigenvalue weighted by Gasteiger charge is 2.19. The number of unbranched alkanes of at least 4 members (excludes halogenated alkanes) is 25. The Bertz CT molecular complexity index is 1590. The second-order valence-electron chi connectivity index (χ2n) is 20.6. The van der Waals surface area contributed by atoms with E-state index < -0.39 is 6.10 Å². The number of carbonyl (C=O) groups excluding carboxylic acids is 3. The molecular weight excluding hydrogens is 937 g/mol. The van der Waals surface area contributed by atoms with Crippen molar-refractivity contribution in [2.75, 3.05) is 13.2 Å². The van der Waals surface area contributed by atoms with Gasteiger partial charge in [0.2, 0.25) is 0 Å². The highest BCUT2D eigenvalue weighted by Crippen LogP contribution is 2.15. The number of carbonyl (C=O) groups is 3. The Morgan fingerprint density at radius 2 is 0.526 bits per heavy atom. The molecule has 0 aliphatic carbocycles. The molecular formula is C70H116O6. The van der Waals surface area contributed by atoms with Crippen molar-refractivity contribution in [2.24, 2.45) is 0 Å². The van der Waals surface area contributed by atoms with Crippen molar-refractivity contribution in [3.8, 4) is 0 Å². The summed E-state index contributed by atoms with van der Waals surface area (Å²) in [4.78, 5) is 38.0. The second-order valence-corrected chi connectivity index (χ2v) is 20.6. The van der Waals surface area contributed by atoms with Gasteiger partial charge in [0.1, 0.15) is 13.2 Å². The van der Waals surface area contributed by atoms with Crippen LogP contribution in [0, 0.1) is 0 Å². The Hall–Kier alpha value is -4.19. The minimum atomic E-state index is -0.809. The summed E-state index contributed by atoms with van der Waals surface area (Å²) in [7, 11) is 0. The van der Waals surface area contributed by atoms with E-state index in [1.54, 1.807) is 0 Å². The highest BCUT2D eigenvalue weighted by atomic mass is 16.6. The van der Waals surface area contributed by atoms with Crippen molar-refractivity contribution in [3.05, 3.63) is 122 Å². The fraction of sp³-hybridized carbons (Fsp3) is 0.671. The maximum atomic E-state index is 12.8. The number of hydrogen-bond donors (Lipinski definition) is 0. The van der Waals surface area contributed by atoms with Crippen LogP contribution in [0.15, 0.2) is 122 Å². The van der Waals surface area contributed by atoms with E-state index >= 15 is 0 Å².